The second kappa shape index (κ2) is 5.53. The average molecular weight is 356 g/mol. The summed E-state index contributed by atoms with van der Waals surface area (Å²) in [6, 6.07) is 5.38. The summed E-state index contributed by atoms with van der Waals surface area (Å²) < 4.78 is 14.4. The van der Waals surface area contributed by atoms with E-state index in [1.807, 2.05) is 6.07 Å². The monoisotopic (exact) mass is 356 g/mol. The number of halogens is 1. The Labute approximate surface area is 150 Å². The Kier molecular flexibility index (Phi) is 3.36. The third-order valence-electron chi connectivity index (χ3n) is 6.30. The third kappa shape index (κ3) is 2.33. The molecule has 2 saturated heterocycles. The zero-order valence-electron chi connectivity index (χ0n) is 14.6. The minimum absolute atomic E-state index is 0.249. The summed E-state index contributed by atoms with van der Waals surface area (Å²) in [7, 11) is 0. The maximum atomic E-state index is 14.4. The van der Waals surface area contributed by atoms with Crippen molar-refractivity contribution in [2.45, 2.75) is 25.8 Å². The molecule has 2 aromatic rings. The number of para-hydroxylation sites is 1. The molecule has 3 heterocycles. The van der Waals surface area contributed by atoms with Crippen molar-refractivity contribution in [3.63, 3.8) is 0 Å². The van der Waals surface area contributed by atoms with Gasteiger partial charge in [0.1, 0.15) is 17.2 Å². The van der Waals surface area contributed by atoms with Crippen LogP contribution in [-0.2, 0) is 4.79 Å². The second-order valence-electron chi connectivity index (χ2n) is 7.81. The highest BCUT2D eigenvalue weighted by Crippen LogP contribution is 2.54. The number of nitrogens with zero attached hydrogens (tertiary/aromatic N) is 4. The number of aromatic nitrogens is 2. The van der Waals surface area contributed by atoms with E-state index >= 15 is 0 Å². The van der Waals surface area contributed by atoms with Gasteiger partial charge in [0.2, 0.25) is 5.95 Å². The molecule has 0 unspecified atom stereocenters. The minimum atomic E-state index is -0.723. The van der Waals surface area contributed by atoms with Crippen molar-refractivity contribution in [2.75, 3.05) is 29.4 Å². The molecule has 0 bridgehead atoms. The number of carboxylic acids is 1. The first-order valence-electron chi connectivity index (χ1n) is 9.22. The van der Waals surface area contributed by atoms with Crippen LogP contribution in [0.2, 0.25) is 0 Å². The second-order valence-corrected chi connectivity index (χ2v) is 7.81. The summed E-state index contributed by atoms with van der Waals surface area (Å²) in [5.74, 6) is 1.44. The lowest BCUT2D eigenvalue weighted by atomic mass is 10.1. The molecular formula is C19H21FN4O2. The Bertz CT molecular complexity index is 892. The van der Waals surface area contributed by atoms with Gasteiger partial charge in [0.15, 0.2) is 0 Å². The van der Waals surface area contributed by atoms with Gasteiger partial charge in [0, 0.05) is 37.5 Å². The van der Waals surface area contributed by atoms with Crippen LogP contribution in [0.1, 0.15) is 19.8 Å². The summed E-state index contributed by atoms with van der Waals surface area (Å²) in [6.45, 7) is 4.60. The summed E-state index contributed by atoms with van der Waals surface area (Å²) in [5, 5.41) is 9.74. The van der Waals surface area contributed by atoms with Crippen LogP contribution < -0.4 is 9.80 Å². The highest BCUT2D eigenvalue weighted by molar-refractivity contribution is 5.91. The van der Waals surface area contributed by atoms with Crippen molar-refractivity contribution in [3.8, 4) is 0 Å². The first kappa shape index (κ1) is 15.8. The standard InChI is InChI=1S/C19H21FN4O2/c1-10-5-6-24(10)19-21-17-11(3-2-4-15(17)20)18(22-19)23-8-13-12(7-16(25)26)14(13)9-23/h2-4,10,12-14H,5-9H2,1H3,(H,25,26)/t10-,12-,13-,14+/m0/s1. The van der Waals surface area contributed by atoms with Crippen molar-refractivity contribution < 1.29 is 14.3 Å². The van der Waals surface area contributed by atoms with Gasteiger partial charge in [-0.15, -0.1) is 0 Å². The molecule has 1 saturated carbocycles. The van der Waals surface area contributed by atoms with E-state index < -0.39 is 5.97 Å². The van der Waals surface area contributed by atoms with E-state index in [1.54, 1.807) is 6.07 Å². The van der Waals surface area contributed by atoms with Gasteiger partial charge in [-0.3, -0.25) is 4.79 Å². The van der Waals surface area contributed by atoms with Crippen LogP contribution in [0.4, 0.5) is 16.2 Å². The lowest BCUT2D eigenvalue weighted by Crippen LogP contribution is -2.46. The minimum Gasteiger partial charge on any atom is -0.481 e. The lowest BCUT2D eigenvalue weighted by Gasteiger charge is -2.39. The van der Waals surface area contributed by atoms with Crippen molar-refractivity contribution in [3.05, 3.63) is 24.0 Å². The summed E-state index contributed by atoms with van der Waals surface area (Å²) in [5.41, 5.74) is 0.370. The average Bonchev–Trinajstić information content (AvgIpc) is 3.03. The summed E-state index contributed by atoms with van der Waals surface area (Å²) in [6.07, 6.45) is 1.34. The van der Waals surface area contributed by atoms with Gasteiger partial charge < -0.3 is 14.9 Å². The molecule has 3 aliphatic rings. The molecular weight excluding hydrogens is 335 g/mol. The van der Waals surface area contributed by atoms with E-state index in [2.05, 4.69) is 21.7 Å². The summed E-state index contributed by atoms with van der Waals surface area (Å²) in [4.78, 5) is 24.5. The fourth-order valence-corrected chi connectivity index (χ4v) is 4.60. The van der Waals surface area contributed by atoms with Crippen LogP contribution in [-0.4, -0.2) is 46.7 Å². The number of hydrogen-bond acceptors (Lipinski definition) is 5. The van der Waals surface area contributed by atoms with Crippen molar-refractivity contribution in [2.24, 2.45) is 17.8 Å². The molecule has 0 spiro atoms. The van der Waals surface area contributed by atoms with E-state index in [0.29, 0.717) is 29.3 Å². The normalized spacial score (nSPS) is 29.6. The molecule has 2 aliphatic heterocycles. The molecule has 1 aliphatic carbocycles. The van der Waals surface area contributed by atoms with E-state index in [4.69, 9.17) is 10.1 Å². The van der Waals surface area contributed by atoms with Gasteiger partial charge in [-0.1, -0.05) is 6.07 Å². The SMILES string of the molecule is C[C@H]1CCN1c1nc(N2C[C@@H]3[C@@H](CC(=O)O)[C@@H]3C2)c2cccc(F)c2n1. The van der Waals surface area contributed by atoms with Crippen LogP contribution in [0.3, 0.4) is 0 Å². The third-order valence-corrected chi connectivity index (χ3v) is 6.30. The molecule has 4 atom stereocenters. The number of carboxylic acid groups (broad SMARTS) is 1. The van der Waals surface area contributed by atoms with Gasteiger partial charge in [-0.05, 0) is 43.2 Å². The van der Waals surface area contributed by atoms with E-state index in [9.17, 15) is 9.18 Å². The number of hydrogen-bond donors (Lipinski definition) is 1. The van der Waals surface area contributed by atoms with Crippen LogP contribution in [0.5, 0.6) is 0 Å². The van der Waals surface area contributed by atoms with Crippen LogP contribution >= 0.6 is 0 Å². The maximum absolute atomic E-state index is 14.4. The molecule has 3 fully saturated rings. The number of anilines is 2. The van der Waals surface area contributed by atoms with Crippen molar-refractivity contribution in [1.29, 1.82) is 0 Å². The van der Waals surface area contributed by atoms with Gasteiger partial charge in [-0.25, -0.2) is 9.37 Å². The molecule has 0 radical (unpaired) electrons. The molecule has 26 heavy (non-hydrogen) atoms. The van der Waals surface area contributed by atoms with E-state index in [-0.39, 0.29) is 18.2 Å². The number of rotatable bonds is 4. The highest BCUT2D eigenvalue weighted by Gasteiger charge is 2.56. The molecule has 6 nitrogen and oxygen atoms in total. The largest absolute Gasteiger partial charge is 0.481 e. The lowest BCUT2D eigenvalue weighted by molar-refractivity contribution is -0.137. The number of fused-ring (bicyclic) bond motifs is 2. The first-order valence-corrected chi connectivity index (χ1v) is 9.22. The van der Waals surface area contributed by atoms with E-state index in [1.165, 1.54) is 6.07 Å². The van der Waals surface area contributed by atoms with Crippen LogP contribution in [0.15, 0.2) is 18.2 Å². The van der Waals surface area contributed by atoms with Crippen LogP contribution in [0, 0.1) is 23.6 Å². The van der Waals surface area contributed by atoms with Gasteiger partial charge in [-0.2, -0.15) is 4.98 Å². The molecule has 136 valence electrons. The fraction of sp³-hybridized carbons (Fsp3) is 0.526. The first-order chi connectivity index (χ1) is 12.5. The molecule has 0 amide bonds. The van der Waals surface area contributed by atoms with Crippen molar-refractivity contribution >= 4 is 28.6 Å². The number of piperidine rings is 1. The quantitative estimate of drug-likeness (QED) is 0.908. The van der Waals surface area contributed by atoms with Gasteiger partial charge in [0.25, 0.3) is 0 Å². The number of aliphatic carboxylic acids is 1. The Hall–Kier alpha value is -2.44. The predicted octanol–water partition coefficient (Wildman–Crippen LogP) is 2.52. The highest BCUT2D eigenvalue weighted by atomic mass is 19.1. The number of benzene rings is 1. The Morgan fingerprint density at radius 3 is 2.69 bits per heavy atom. The smallest absolute Gasteiger partial charge is 0.303 e. The Morgan fingerprint density at radius 1 is 1.31 bits per heavy atom. The molecule has 1 N–H and O–H groups in total. The Balaban J connectivity index is 1.50. The Morgan fingerprint density at radius 2 is 2.08 bits per heavy atom. The van der Waals surface area contributed by atoms with E-state index in [0.717, 1.165) is 37.3 Å². The number of carbonyl (C=O) groups is 1. The van der Waals surface area contributed by atoms with Crippen LogP contribution in [0.25, 0.3) is 10.9 Å². The predicted molar refractivity (Wildman–Crippen MR) is 95.9 cm³/mol. The zero-order chi connectivity index (χ0) is 18.0. The summed E-state index contributed by atoms with van der Waals surface area (Å²) >= 11 is 0. The molecule has 1 aromatic carbocycles. The van der Waals surface area contributed by atoms with Gasteiger partial charge in [0.05, 0.1) is 0 Å². The topological polar surface area (TPSA) is 69.6 Å². The molecule has 5 rings (SSSR count). The maximum Gasteiger partial charge on any atom is 0.303 e. The van der Waals surface area contributed by atoms with Crippen molar-refractivity contribution in [1.82, 2.24) is 9.97 Å². The molecule has 7 heteroatoms. The fourth-order valence-electron chi connectivity index (χ4n) is 4.60. The van der Waals surface area contributed by atoms with Gasteiger partial charge >= 0.3 is 5.97 Å². The zero-order valence-corrected chi connectivity index (χ0v) is 14.6. The molecule has 1 aromatic heterocycles.